The lowest BCUT2D eigenvalue weighted by Crippen LogP contribution is -2.43. The number of aliphatic imine (C=N–C) groups is 1. The highest BCUT2D eigenvalue weighted by molar-refractivity contribution is 5.79. The summed E-state index contributed by atoms with van der Waals surface area (Å²) < 4.78 is 18.6. The average molecular weight is 337 g/mol. The average Bonchev–Trinajstić information content (AvgIpc) is 2.99. The van der Waals surface area contributed by atoms with Crippen molar-refractivity contribution in [2.45, 2.75) is 51.2 Å². The predicted octanol–water partition coefficient (Wildman–Crippen LogP) is 2.45. The number of nitrogens with zero attached hydrogens (tertiary/aromatic N) is 1. The van der Waals surface area contributed by atoms with Crippen LogP contribution in [0.5, 0.6) is 5.75 Å². The number of hydrogen-bond acceptors (Lipinski definition) is 3. The number of rotatable bonds is 7. The second-order valence-electron chi connectivity index (χ2n) is 6.39. The quantitative estimate of drug-likeness (QED) is 0.528. The number of nitrogens with one attached hydrogen (secondary N) is 2. The van der Waals surface area contributed by atoms with E-state index in [9.17, 15) is 9.50 Å². The fourth-order valence-electron chi connectivity index (χ4n) is 2.79. The Bertz CT molecular complexity index is 528. The van der Waals surface area contributed by atoms with E-state index in [1.807, 2.05) is 13.8 Å². The van der Waals surface area contributed by atoms with Crippen molar-refractivity contribution in [3.05, 3.63) is 30.1 Å². The number of guanidine groups is 1. The summed E-state index contributed by atoms with van der Waals surface area (Å²) in [5, 5.41) is 16.8. The molecule has 134 valence electrons. The van der Waals surface area contributed by atoms with Crippen LogP contribution in [-0.4, -0.2) is 42.4 Å². The van der Waals surface area contributed by atoms with Crippen LogP contribution in [0.2, 0.25) is 0 Å². The van der Waals surface area contributed by atoms with E-state index >= 15 is 0 Å². The highest BCUT2D eigenvalue weighted by Gasteiger charge is 2.30. The minimum absolute atomic E-state index is 0.103. The second kappa shape index (κ2) is 8.87. The van der Waals surface area contributed by atoms with Crippen LogP contribution < -0.4 is 15.4 Å². The van der Waals surface area contributed by atoms with Gasteiger partial charge in [0.05, 0.1) is 18.7 Å². The first-order valence-electron chi connectivity index (χ1n) is 8.67. The van der Waals surface area contributed by atoms with Gasteiger partial charge in [-0.3, -0.25) is 4.99 Å². The van der Waals surface area contributed by atoms with Gasteiger partial charge in [0.25, 0.3) is 0 Å². The second-order valence-corrected chi connectivity index (χ2v) is 6.39. The number of aliphatic hydroxyl groups is 1. The number of ether oxygens (including phenoxy) is 1. The molecule has 0 bridgehead atoms. The van der Waals surface area contributed by atoms with Gasteiger partial charge in [0, 0.05) is 6.54 Å². The fraction of sp³-hybridized carbons (Fsp3) is 0.611. The van der Waals surface area contributed by atoms with Crippen molar-refractivity contribution in [3.8, 4) is 5.75 Å². The summed E-state index contributed by atoms with van der Waals surface area (Å²) in [5.74, 6) is 1.03. The Kier molecular flexibility index (Phi) is 6.85. The molecule has 0 saturated heterocycles. The third-order valence-corrected chi connectivity index (χ3v) is 4.12. The molecule has 6 heteroatoms. The zero-order valence-electron chi connectivity index (χ0n) is 14.5. The van der Waals surface area contributed by atoms with E-state index < -0.39 is 5.60 Å². The summed E-state index contributed by atoms with van der Waals surface area (Å²) >= 11 is 0. The minimum Gasteiger partial charge on any atom is -0.489 e. The van der Waals surface area contributed by atoms with Gasteiger partial charge in [-0.1, -0.05) is 12.8 Å². The van der Waals surface area contributed by atoms with E-state index in [0.29, 0.717) is 24.8 Å². The number of benzene rings is 1. The Balaban J connectivity index is 1.82. The van der Waals surface area contributed by atoms with Crippen LogP contribution in [0.3, 0.4) is 0 Å². The molecule has 0 radical (unpaired) electrons. The third kappa shape index (κ3) is 6.00. The van der Waals surface area contributed by atoms with Gasteiger partial charge < -0.3 is 20.5 Å². The Labute approximate surface area is 143 Å². The van der Waals surface area contributed by atoms with E-state index in [2.05, 4.69) is 15.6 Å². The first kappa shape index (κ1) is 18.5. The SMILES string of the molecule is CCNC(=NCC1(O)CCCC1)NCC(C)Oc1ccc(F)cc1. The van der Waals surface area contributed by atoms with E-state index in [1.54, 1.807) is 12.1 Å². The summed E-state index contributed by atoms with van der Waals surface area (Å²) in [6.07, 6.45) is 3.67. The Morgan fingerprint density at radius 2 is 1.96 bits per heavy atom. The molecule has 1 saturated carbocycles. The maximum Gasteiger partial charge on any atom is 0.191 e. The highest BCUT2D eigenvalue weighted by atomic mass is 19.1. The first-order valence-corrected chi connectivity index (χ1v) is 8.67. The summed E-state index contributed by atoms with van der Waals surface area (Å²) in [7, 11) is 0. The molecular formula is C18H28FN3O2. The summed E-state index contributed by atoms with van der Waals surface area (Å²) in [6, 6.07) is 5.98. The van der Waals surface area contributed by atoms with Crippen LogP contribution in [0.15, 0.2) is 29.3 Å². The Morgan fingerprint density at radius 3 is 2.58 bits per heavy atom. The number of halogens is 1. The van der Waals surface area contributed by atoms with Crippen LogP contribution in [0, 0.1) is 5.82 Å². The molecule has 0 amide bonds. The van der Waals surface area contributed by atoms with E-state index in [4.69, 9.17) is 4.74 Å². The van der Waals surface area contributed by atoms with Crippen molar-refractivity contribution < 1.29 is 14.2 Å². The summed E-state index contributed by atoms with van der Waals surface area (Å²) in [5.41, 5.74) is -0.654. The molecule has 1 aliphatic rings. The topological polar surface area (TPSA) is 65.9 Å². The monoisotopic (exact) mass is 337 g/mol. The molecule has 24 heavy (non-hydrogen) atoms. The summed E-state index contributed by atoms with van der Waals surface area (Å²) in [6.45, 7) is 5.65. The van der Waals surface area contributed by atoms with Crippen LogP contribution in [0.25, 0.3) is 0 Å². The van der Waals surface area contributed by atoms with E-state index in [1.165, 1.54) is 12.1 Å². The molecule has 1 unspecified atom stereocenters. The zero-order chi connectivity index (χ0) is 17.4. The lowest BCUT2D eigenvalue weighted by Gasteiger charge is -2.21. The molecule has 2 rings (SSSR count). The predicted molar refractivity (Wildman–Crippen MR) is 93.9 cm³/mol. The smallest absolute Gasteiger partial charge is 0.191 e. The maximum absolute atomic E-state index is 12.9. The summed E-state index contributed by atoms with van der Waals surface area (Å²) in [4.78, 5) is 4.50. The lowest BCUT2D eigenvalue weighted by atomic mass is 10.0. The van der Waals surface area contributed by atoms with Crippen LogP contribution >= 0.6 is 0 Å². The van der Waals surface area contributed by atoms with Gasteiger partial charge in [-0.2, -0.15) is 0 Å². The van der Waals surface area contributed by atoms with Crippen molar-refractivity contribution >= 4 is 5.96 Å². The molecule has 0 aliphatic heterocycles. The van der Waals surface area contributed by atoms with Gasteiger partial charge in [-0.25, -0.2) is 4.39 Å². The third-order valence-electron chi connectivity index (χ3n) is 4.12. The van der Waals surface area contributed by atoms with Gasteiger partial charge >= 0.3 is 0 Å². The Hall–Kier alpha value is -1.82. The molecule has 1 aromatic rings. The van der Waals surface area contributed by atoms with Crippen molar-refractivity contribution in [2.24, 2.45) is 4.99 Å². The molecule has 0 spiro atoms. The van der Waals surface area contributed by atoms with Crippen molar-refractivity contribution in [1.82, 2.24) is 10.6 Å². The highest BCUT2D eigenvalue weighted by Crippen LogP contribution is 2.29. The van der Waals surface area contributed by atoms with E-state index in [-0.39, 0.29) is 11.9 Å². The van der Waals surface area contributed by atoms with Gasteiger partial charge in [-0.15, -0.1) is 0 Å². The zero-order valence-corrected chi connectivity index (χ0v) is 14.5. The molecule has 1 aliphatic carbocycles. The molecule has 1 atom stereocenters. The largest absolute Gasteiger partial charge is 0.489 e. The van der Waals surface area contributed by atoms with Crippen molar-refractivity contribution in [3.63, 3.8) is 0 Å². The van der Waals surface area contributed by atoms with Gasteiger partial charge in [0.15, 0.2) is 5.96 Å². The molecule has 0 heterocycles. The normalized spacial score (nSPS) is 18.2. The van der Waals surface area contributed by atoms with Gasteiger partial charge in [0.1, 0.15) is 17.7 Å². The molecule has 5 nitrogen and oxygen atoms in total. The molecule has 1 fully saturated rings. The minimum atomic E-state index is -0.654. The first-order chi connectivity index (χ1) is 11.5. The molecular weight excluding hydrogens is 309 g/mol. The molecule has 3 N–H and O–H groups in total. The fourth-order valence-corrected chi connectivity index (χ4v) is 2.79. The van der Waals surface area contributed by atoms with Gasteiger partial charge in [0.2, 0.25) is 0 Å². The van der Waals surface area contributed by atoms with Crippen LogP contribution in [0.4, 0.5) is 4.39 Å². The van der Waals surface area contributed by atoms with Crippen molar-refractivity contribution in [2.75, 3.05) is 19.6 Å². The van der Waals surface area contributed by atoms with E-state index in [0.717, 1.165) is 32.2 Å². The standard InChI is InChI=1S/C18H28FN3O2/c1-3-20-17(22-13-18(23)10-4-5-11-18)21-12-14(2)24-16-8-6-15(19)7-9-16/h6-9,14,23H,3-5,10-13H2,1-2H3,(H2,20,21,22). The Morgan fingerprint density at radius 1 is 1.29 bits per heavy atom. The van der Waals surface area contributed by atoms with Gasteiger partial charge in [-0.05, 0) is 51.0 Å². The van der Waals surface area contributed by atoms with Crippen LogP contribution in [-0.2, 0) is 0 Å². The van der Waals surface area contributed by atoms with Crippen LogP contribution in [0.1, 0.15) is 39.5 Å². The lowest BCUT2D eigenvalue weighted by molar-refractivity contribution is 0.0574. The molecule has 0 aromatic heterocycles. The number of hydrogen-bond donors (Lipinski definition) is 3. The van der Waals surface area contributed by atoms with Crippen molar-refractivity contribution in [1.29, 1.82) is 0 Å². The molecule has 1 aromatic carbocycles. The maximum atomic E-state index is 12.9.